The maximum absolute atomic E-state index is 6.42. The number of nitrogens with zero attached hydrogens (tertiary/aromatic N) is 3. The van der Waals surface area contributed by atoms with Crippen LogP contribution in [0.15, 0.2) is 30.5 Å². The van der Waals surface area contributed by atoms with Gasteiger partial charge in [-0.05, 0) is 49.4 Å². The lowest BCUT2D eigenvalue weighted by molar-refractivity contribution is 0.638. The lowest BCUT2D eigenvalue weighted by atomic mass is 9.93. The molecule has 2 heterocycles. The Kier molecular flexibility index (Phi) is 5.12. The first-order valence-electron chi connectivity index (χ1n) is 8.42. The van der Waals surface area contributed by atoms with Crippen LogP contribution >= 0.6 is 23.2 Å². The van der Waals surface area contributed by atoms with E-state index in [4.69, 9.17) is 28.3 Å². The Morgan fingerprint density at radius 1 is 1.08 bits per heavy atom. The second kappa shape index (κ2) is 7.12. The molecule has 3 rings (SSSR count). The lowest BCUT2D eigenvalue weighted by Crippen LogP contribution is -2.00. The quantitative estimate of drug-likeness (QED) is 0.543. The Hall–Kier alpha value is -1.58. The van der Waals surface area contributed by atoms with Gasteiger partial charge < -0.3 is 0 Å². The lowest BCUT2D eigenvalue weighted by Gasteiger charge is -2.12. The summed E-state index contributed by atoms with van der Waals surface area (Å²) in [6.45, 7) is 6.58. The van der Waals surface area contributed by atoms with Gasteiger partial charge in [0.25, 0.3) is 0 Å². The molecule has 0 amide bonds. The molecule has 0 saturated carbocycles. The zero-order chi connectivity index (χ0) is 17.3. The largest absolute Gasteiger partial charge is 0.237 e. The van der Waals surface area contributed by atoms with E-state index in [1.807, 2.05) is 28.9 Å². The first-order valence-corrected chi connectivity index (χ1v) is 9.18. The van der Waals surface area contributed by atoms with Crippen molar-refractivity contribution in [3.63, 3.8) is 0 Å². The average molecular weight is 362 g/mol. The van der Waals surface area contributed by atoms with Crippen molar-refractivity contribution in [3.8, 4) is 11.3 Å². The van der Waals surface area contributed by atoms with E-state index < -0.39 is 0 Å². The monoisotopic (exact) mass is 361 g/mol. The maximum atomic E-state index is 6.42. The molecule has 0 saturated heterocycles. The highest BCUT2D eigenvalue weighted by Crippen LogP contribution is 2.34. The number of benzene rings is 1. The molecule has 1 aromatic carbocycles. The summed E-state index contributed by atoms with van der Waals surface area (Å²) < 4.78 is 1.93. The summed E-state index contributed by atoms with van der Waals surface area (Å²) in [5.41, 5.74) is 5.18. The van der Waals surface area contributed by atoms with Crippen LogP contribution in [0.25, 0.3) is 16.9 Å². The number of halogens is 2. The second-order valence-electron chi connectivity index (χ2n) is 5.92. The molecule has 0 radical (unpaired) electrons. The molecular weight excluding hydrogens is 341 g/mol. The molecule has 3 nitrogen and oxygen atoms in total. The predicted octanol–water partition coefficient (Wildman–Crippen LogP) is 6.17. The highest BCUT2D eigenvalue weighted by atomic mass is 35.5. The molecule has 0 spiro atoms. The summed E-state index contributed by atoms with van der Waals surface area (Å²) in [6, 6.07) is 7.49. The smallest absolute Gasteiger partial charge is 0.159 e. The standard InChI is InChI=1S/C19H21Cl2N3/c1-4-12(5-2)18-16(6-3)23-24-17(9-10-22-19(18)24)14-8-7-13(20)11-15(14)21/h7-12H,4-6H2,1-3H3. The summed E-state index contributed by atoms with van der Waals surface area (Å²) >= 11 is 12.5. The fourth-order valence-electron chi connectivity index (χ4n) is 3.28. The fourth-order valence-corrected chi connectivity index (χ4v) is 3.79. The molecule has 0 aliphatic rings. The van der Waals surface area contributed by atoms with Crippen LogP contribution in [0, 0.1) is 0 Å². The number of fused-ring (bicyclic) bond motifs is 1. The third-order valence-electron chi connectivity index (χ3n) is 4.57. The first-order chi connectivity index (χ1) is 11.6. The Labute approximate surface area is 152 Å². The third-order valence-corrected chi connectivity index (χ3v) is 5.11. The second-order valence-corrected chi connectivity index (χ2v) is 6.76. The minimum absolute atomic E-state index is 0.473. The van der Waals surface area contributed by atoms with Crippen LogP contribution in [0.2, 0.25) is 10.0 Å². The zero-order valence-corrected chi connectivity index (χ0v) is 15.7. The fraction of sp³-hybridized carbons (Fsp3) is 0.368. The van der Waals surface area contributed by atoms with E-state index >= 15 is 0 Å². The van der Waals surface area contributed by atoms with Crippen LogP contribution in [0.1, 0.15) is 50.8 Å². The Morgan fingerprint density at radius 3 is 2.46 bits per heavy atom. The minimum Gasteiger partial charge on any atom is -0.237 e. The van der Waals surface area contributed by atoms with E-state index in [0.717, 1.165) is 41.9 Å². The van der Waals surface area contributed by atoms with Crippen molar-refractivity contribution in [2.45, 2.75) is 46.0 Å². The molecule has 2 aromatic heterocycles. The van der Waals surface area contributed by atoms with Gasteiger partial charge in [0, 0.05) is 22.3 Å². The van der Waals surface area contributed by atoms with Gasteiger partial charge in [0.05, 0.1) is 16.4 Å². The number of aromatic nitrogens is 3. The molecule has 0 bridgehead atoms. The van der Waals surface area contributed by atoms with E-state index in [2.05, 4.69) is 25.8 Å². The molecule has 24 heavy (non-hydrogen) atoms. The van der Waals surface area contributed by atoms with Gasteiger partial charge >= 0.3 is 0 Å². The van der Waals surface area contributed by atoms with E-state index in [0.29, 0.717) is 16.0 Å². The van der Waals surface area contributed by atoms with E-state index in [9.17, 15) is 0 Å². The molecule has 0 unspecified atom stereocenters. The predicted molar refractivity (Wildman–Crippen MR) is 101 cm³/mol. The summed E-state index contributed by atoms with van der Waals surface area (Å²) in [4.78, 5) is 4.63. The number of hydrogen-bond donors (Lipinski definition) is 0. The van der Waals surface area contributed by atoms with Crippen molar-refractivity contribution in [1.82, 2.24) is 14.6 Å². The molecule has 0 aliphatic carbocycles. The topological polar surface area (TPSA) is 30.2 Å². The van der Waals surface area contributed by atoms with Gasteiger partial charge in [-0.1, -0.05) is 44.0 Å². The SMILES string of the molecule is CCc1nn2c(-c3ccc(Cl)cc3Cl)ccnc2c1C(CC)CC. The molecule has 0 fully saturated rings. The van der Waals surface area contributed by atoms with Gasteiger partial charge in [0.2, 0.25) is 0 Å². The maximum Gasteiger partial charge on any atom is 0.159 e. The zero-order valence-electron chi connectivity index (χ0n) is 14.2. The Morgan fingerprint density at radius 2 is 1.83 bits per heavy atom. The number of aryl methyl sites for hydroxylation is 1. The summed E-state index contributed by atoms with van der Waals surface area (Å²) in [6.07, 6.45) is 4.89. The van der Waals surface area contributed by atoms with Crippen LogP contribution in [0.4, 0.5) is 0 Å². The average Bonchev–Trinajstić information content (AvgIpc) is 2.95. The van der Waals surface area contributed by atoms with Crippen molar-refractivity contribution in [2.75, 3.05) is 0 Å². The molecule has 0 N–H and O–H groups in total. The molecule has 0 atom stereocenters. The summed E-state index contributed by atoms with van der Waals surface area (Å²) in [5.74, 6) is 0.473. The Bertz CT molecular complexity index is 866. The molecule has 3 aromatic rings. The van der Waals surface area contributed by atoms with Crippen LogP contribution in [-0.4, -0.2) is 14.6 Å². The molecular formula is C19H21Cl2N3. The number of rotatable bonds is 5. The highest BCUT2D eigenvalue weighted by molar-refractivity contribution is 6.36. The van der Waals surface area contributed by atoms with Gasteiger partial charge in [0.15, 0.2) is 5.65 Å². The van der Waals surface area contributed by atoms with Crippen LogP contribution < -0.4 is 0 Å². The first kappa shape index (κ1) is 17.2. The number of hydrogen-bond acceptors (Lipinski definition) is 2. The van der Waals surface area contributed by atoms with Crippen LogP contribution in [-0.2, 0) is 6.42 Å². The van der Waals surface area contributed by atoms with Crippen LogP contribution in [0.3, 0.4) is 0 Å². The van der Waals surface area contributed by atoms with Crippen molar-refractivity contribution < 1.29 is 0 Å². The summed E-state index contributed by atoms with van der Waals surface area (Å²) in [7, 11) is 0. The minimum atomic E-state index is 0.473. The highest BCUT2D eigenvalue weighted by Gasteiger charge is 2.21. The van der Waals surface area contributed by atoms with E-state index in [1.54, 1.807) is 6.07 Å². The van der Waals surface area contributed by atoms with E-state index in [1.165, 1.54) is 5.56 Å². The van der Waals surface area contributed by atoms with E-state index in [-0.39, 0.29) is 0 Å². The van der Waals surface area contributed by atoms with Crippen molar-refractivity contribution in [1.29, 1.82) is 0 Å². The van der Waals surface area contributed by atoms with Crippen molar-refractivity contribution in [3.05, 3.63) is 51.8 Å². The van der Waals surface area contributed by atoms with Crippen molar-refractivity contribution >= 4 is 28.8 Å². The van der Waals surface area contributed by atoms with Gasteiger partial charge in [-0.3, -0.25) is 0 Å². The van der Waals surface area contributed by atoms with Crippen LogP contribution in [0.5, 0.6) is 0 Å². The normalized spacial score (nSPS) is 11.6. The van der Waals surface area contributed by atoms with Gasteiger partial charge in [0.1, 0.15) is 0 Å². The van der Waals surface area contributed by atoms with Crippen molar-refractivity contribution in [2.24, 2.45) is 0 Å². The molecule has 126 valence electrons. The summed E-state index contributed by atoms with van der Waals surface area (Å²) in [5, 5.41) is 6.09. The molecule has 5 heteroatoms. The van der Waals surface area contributed by atoms with Gasteiger partial charge in [-0.2, -0.15) is 5.10 Å². The van der Waals surface area contributed by atoms with Gasteiger partial charge in [-0.15, -0.1) is 0 Å². The molecule has 0 aliphatic heterocycles. The van der Waals surface area contributed by atoms with Gasteiger partial charge in [-0.25, -0.2) is 9.50 Å². The third kappa shape index (κ3) is 2.91. The Balaban J connectivity index is 2.28.